The Labute approximate surface area is 176 Å². The maximum Gasteiger partial charge on any atom is 0.328 e. The molecule has 1 aromatic carbocycles. The molecule has 10 nitrogen and oxygen atoms in total. The Bertz CT molecular complexity index is 997. The number of benzene rings is 1. The summed E-state index contributed by atoms with van der Waals surface area (Å²) in [5.74, 6) is -0.471. The summed E-state index contributed by atoms with van der Waals surface area (Å²) >= 11 is 0. The van der Waals surface area contributed by atoms with Crippen LogP contribution < -0.4 is 0 Å². The highest BCUT2D eigenvalue weighted by Gasteiger charge is 2.15. The second-order valence-corrected chi connectivity index (χ2v) is 9.41. The Morgan fingerprint density at radius 1 is 0.867 bits per heavy atom. The molecule has 0 aliphatic heterocycles. The van der Waals surface area contributed by atoms with Gasteiger partial charge in [-0.25, -0.2) is 0 Å². The van der Waals surface area contributed by atoms with E-state index in [-0.39, 0.29) is 34.1 Å². The Kier molecular flexibility index (Phi) is 9.95. The Hall–Kier alpha value is -2.96. The van der Waals surface area contributed by atoms with Crippen LogP contribution in [0.1, 0.15) is 50.7 Å². The van der Waals surface area contributed by atoms with Crippen LogP contribution in [0.25, 0.3) is 0 Å². The Morgan fingerprint density at radius 3 is 1.60 bits per heavy atom. The standard InChI is InChI=1S/C18H22N4O6S2/c1-3-5-10-29(23,24)27-21-17(13-19)15-8-7-9-16(12-15)18(14-20)22-28-30(25,26)11-6-4-2/h7-9,12H,3-6,10-11H2,1-2H3/b21-17+,22-18+. The van der Waals surface area contributed by atoms with Gasteiger partial charge in [-0.15, -0.1) is 0 Å². The summed E-state index contributed by atoms with van der Waals surface area (Å²) in [5, 5.41) is 25.4. The monoisotopic (exact) mass is 454 g/mol. The van der Waals surface area contributed by atoms with Crippen molar-refractivity contribution in [3.05, 3.63) is 35.4 Å². The molecule has 30 heavy (non-hydrogen) atoms. The van der Waals surface area contributed by atoms with Crippen molar-refractivity contribution in [2.24, 2.45) is 10.3 Å². The van der Waals surface area contributed by atoms with E-state index in [4.69, 9.17) is 0 Å². The lowest BCUT2D eigenvalue weighted by molar-refractivity contribution is 0.338. The van der Waals surface area contributed by atoms with E-state index in [1.165, 1.54) is 24.3 Å². The summed E-state index contributed by atoms with van der Waals surface area (Å²) in [7, 11) is -7.84. The van der Waals surface area contributed by atoms with E-state index in [0.29, 0.717) is 25.7 Å². The molecule has 0 aliphatic rings. The molecule has 0 amide bonds. The lowest BCUT2D eigenvalue weighted by atomic mass is 10.0. The number of hydrogen-bond donors (Lipinski definition) is 0. The maximum absolute atomic E-state index is 11.7. The predicted octanol–water partition coefficient (Wildman–Crippen LogP) is 2.43. The molecule has 0 spiro atoms. The number of hydrogen-bond acceptors (Lipinski definition) is 10. The van der Waals surface area contributed by atoms with E-state index in [1.807, 2.05) is 13.8 Å². The van der Waals surface area contributed by atoms with Gasteiger partial charge >= 0.3 is 20.2 Å². The molecule has 0 aromatic heterocycles. The lowest BCUT2D eigenvalue weighted by Gasteiger charge is -2.04. The highest BCUT2D eigenvalue weighted by atomic mass is 32.2. The third-order valence-electron chi connectivity index (χ3n) is 3.60. The van der Waals surface area contributed by atoms with Gasteiger partial charge in [-0.1, -0.05) is 55.2 Å². The lowest BCUT2D eigenvalue weighted by Crippen LogP contribution is -2.10. The van der Waals surface area contributed by atoms with E-state index in [2.05, 4.69) is 18.9 Å². The molecule has 0 heterocycles. The highest BCUT2D eigenvalue weighted by Crippen LogP contribution is 2.11. The van der Waals surface area contributed by atoms with Gasteiger partial charge in [-0.05, 0) is 18.9 Å². The van der Waals surface area contributed by atoms with Gasteiger partial charge in [-0.2, -0.15) is 27.4 Å². The maximum atomic E-state index is 11.7. The van der Waals surface area contributed by atoms with E-state index < -0.39 is 20.2 Å². The van der Waals surface area contributed by atoms with Gasteiger partial charge in [0.15, 0.2) is 11.4 Å². The van der Waals surface area contributed by atoms with Crippen molar-refractivity contribution in [1.82, 2.24) is 0 Å². The van der Waals surface area contributed by atoms with Crippen LogP contribution in [0.4, 0.5) is 0 Å². The van der Waals surface area contributed by atoms with E-state index in [1.54, 1.807) is 12.1 Å². The molecule has 0 saturated heterocycles. The van der Waals surface area contributed by atoms with Crippen LogP contribution >= 0.6 is 0 Å². The molecule has 0 radical (unpaired) electrons. The smallest absolute Gasteiger partial charge is 0.267 e. The van der Waals surface area contributed by atoms with E-state index in [9.17, 15) is 27.4 Å². The average Bonchev–Trinajstić information content (AvgIpc) is 2.72. The molecule has 0 aliphatic carbocycles. The van der Waals surface area contributed by atoms with Gasteiger partial charge in [0, 0.05) is 11.1 Å². The summed E-state index contributed by atoms with van der Waals surface area (Å²) in [6.07, 6.45) is 2.06. The zero-order chi connectivity index (χ0) is 22.6. The van der Waals surface area contributed by atoms with Gasteiger partial charge in [0.1, 0.15) is 12.1 Å². The first-order valence-electron chi connectivity index (χ1n) is 9.07. The van der Waals surface area contributed by atoms with Crippen molar-refractivity contribution >= 4 is 31.7 Å². The van der Waals surface area contributed by atoms with Crippen molar-refractivity contribution in [3.8, 4) is 12.1 Å². The SMILES string of the molecule is CCCCS(=O)(=O)O/N=C(\C#N)c1cccc(/C(C#N)=N/OS(=O)(=O)CCCC)c1. The van der Waals surface area contributed by atoms with E-state index >= 15 is 0 Å². The molecular weight excluding hydrogens is 432 g/mol. The molecule has 0 unspecified atom stereocenters. The molecule has 162 valence electrons. The minimum Gasteiger partial charge on any atom is -0.267 e. The topological polar surface area (TPSA) is 159 Å². The number of nitriles is 2. The molecule has 12 heteroatoms. The average molecular weight is 455 g/mol. The normalized spacial score (nSPS) is 12.7. The Balaban J connectivity index is 3.12. The molecule has 1 aromatic rings. The van der Waals surface area contributed by atoms with Crippen LogP contribution in [0.2, 0.25) is 0 Å². The Morgan fingerprint density at radius 2 is 1.27 bits per heavy atom. The van der Waals surface area contributed by atoms with Crippen LogP contribution in [-0.4, -0.2) is 39.8 Å². The minimum absolute atomic E-state index is 0.150. The first-order chi connectivity index (χ1) is 14.2. The van der Waals surface area contributed by atoms with Crippen molar-refractivity contribution in [3.63, 3.8) is 0 Å². The van der Waals surface area contributed by atoms with Crippen molar-refractivity contribution < 1.29 is 25.4 Å². The quantitative estimate of drug-likeness (QED) is 0.344. The highest BCUT2D eigenvalue weighted by molar-refractivity contribution is 7.86. The molecular formula is C18H22N4O6S2. The second-order valence-electron chi connectivity index (χ2n) is 6.06. The van der Waals surface area contributed by atoms with Crippen molar-refractivity contribution in [1.29, 1.82) is 10.5 Å². The number of rotatable bonds is 12. The summed E-state index contributed by atoms with van der Waals surface area (Å²) < 4.78 is 56.0. The van der Waals surface area contributed by atoms with Crippen LogP contribution in [0.3, 0.4) is 0 Å². The van der Waals surface area contributed by atoms with Gasteiger partial charge < -0.3 is 0 Å². The molecule has 0 atom stereocenters. The number of nitrogens with zero attached hydrogens (tertiary/aromatic N) is 4. The fraction of sp³-hybridized carbons (Fsp3) is 0.444. The molecule has 0 N–H and O–H groups in total. The van der Waals surface area contributed by atoms with Crippen LogP contribution in [-0.2, 0) is 28.8 Å². The van der Waals surface area contributed by atoms with Gasteiger partial charge in [0.25, 0.3) is 0 Å². The zero-order valence-corrected chi connectivity index (χ0v) is 18.2. The fourth-order valence-corrected chi connectivity index (χ4v) is 3.80. The first kappa shape index (κ1) is 25.1. The van der Waals surface area contributed by atoms with E-state index in [0.717, 1.165) is 0 Å². The predicted molar refractivity (Wildman–Crippen MR) is 110 cm³/mol. The fourth-order valence-electron chi connectivity index (χ4n) is 1.99. The molecule has 0 saturated carbocycles. The summed E-state index contributed by atoms with van der Waals surface area (Å²) in [4.78, 5) is 0. The van der Waals surface area contributed by atoms with Gasteiger partial charge in [0.2, 0.25) is 0 Å². The summed E-state index contributed by atoms with van der Waals surface area (Å²) in [6, 6.07) is 9.11. The van der Waals surface area contributed by atoms with Crippen LogP contribution in [0.5, 0.6) is 0 Å². The number of oxime groups is 2. The number of unbranched alkanes of at least 4 members (excludes halogenated alkanes) is 2. The molecule has 0 bridgehead atoms. The van der Waals surface area contributed by atoms with Crippen molar-refractivity contribution in [2.45, 2.75) is 39.5 Å². The summed E-state index contributed by atoms with van der Waals surface area (Å²) in [6.45, 7) is 3.64. The van der Waals surface area contributed by atoms with Crippen LogP contribution in [0.15, 0.2) is 34.6 Å². The third-order valence-corrected chi connectivity index (χ3v) is 5.78. The first-order valence-corrected chi connectivity index (χ1v) is 12.2. The second kappa shape index (κ2) is 11.9. The molecule has 1 rings (SSSR count). The third kappa shape index (κ3) is 8.59. The zero-order valence-electron chi connectivity index (χ0n) is 16.6. The largest absolute Gasteiger partial charge is 0.328 e. The summed E-state index contributed by atoms with van der Waals surface area (Å²) in [5.41, 5.74) is -0.383. The molecule has 0 fully saturated rings. The van der Waals surface area contributed by atoms with Gasteiger partial charge in [-0.3, -0.25) is 8.57 Å². The van der Waals surface area contributed by atoms with Crippen LogP contribution in [0, 0.1) is 22.7 Å². The van der Waals surface area contributed by atoms with Gasteiger partial charge in [0.05, 0.1) is 11.5 Å². The van der Waals surface area contributed by atoms with Crippen molar-refractivity contribution in [2.75, 3.05) is 11.5 Å². The minimum atomic E-state index is -3.92.